The lowest BCUT2D eigenvalue weighted by atomic mass is 9.88. The number of aliphatic hydroxyl groups is 1. The van der Waals surface area contributed by atoms with Crippen LogP contribution in [-0.4, -0.2) is 49.9 Å². The number of benzene rings is 2. The number of sulfonamides is 1. The molecule has 2 aromatic carbocycles. The maximum atomic E-state index is 13.6. The highest BCUT2D eigenvalue weighted by atomic mass is 32.2. The van der Waals surface area contributed by atoms with Crippen molar-refractivity contribution >= 4 is 10.0 Å². The zero-order valence-corrected chi connectivity index (χ0v) is 19.8. The van der Waals surface area contributed by atoms with Gasteiger partial charge in [-0.1, -0.05) is 44.2 Å². The molecule has 1 heterocycles. The molecule has 0 amide bonds. The SMILES string of the molecule is CC(C)(CCC#N)CN(C[C@@H](O)[C@@H](N)Cc1ccccc1)S(=O)(=O)c1ccc2c(c1)OCO2. The molecule has 33 heavy (non-hydrogen) atoms. The average Bonchev–Trinajstić information content (AvgIpc) is 3.25. The van der Waals surface area contributed by atoms with Crippen molar-refractivity contribution in [3.8, 4) is 17.6 Å². The number of rotatable bonds is 11. The lowest BCUT2D eigenvalue weighted by Gasteiger charge is -2.34. The van der Waals surface area contributed by atoms with Gasteiger partial charge in [0.2, 0.25) is 16.8 Å². The predicted octanol–water partition coefficient (Wildman–Crippen LogP) is 2.67. The van der Waals surface area contributed by atoms with E-state index in [0.717, 1.165) is 5.56 Å². The van der Waals surface area contributed by atoms with Gasteiger partial charge in [0.25, 0.3) is 0 Å². The highest BCUT2D eigenvalue weighted by molar-refractivity contribution is 7.89. The molecular formula is C24H31N3O5S. The molecule has 8 nitrogen and oxygen atoms in total. The van der Waals surface area contributed by atoms with Gasteiger partial charge in [-0.15, -0.1) is 0 Å². The van der Waals surface area contributed by atoms with E-state index in [1.807, 2.05) is 44.2 Å². The Morgan fingerprint density at radius 2 is 1.88 bits per heavy atom. The Morgan fingerprint density at radius 3 is 2.58 bits per heavy atom. The molecule has 0 saturated carbocycles. The maximum Gasteiger partial charge on any atom is 0.243 e. The molecule has 0 saturated heterocycles. The number of fused-ring (bicyclic) bond motifs is 1. The van der Waals surface area contributed by atoms with Crippen LogP contribution < -0.4 is 15.2 Å². The van der Waals surface area contributed by atoms with Crippen molar-refractivity contribution in [1.29, 1.82) is 5.26 Å². The van der Waals surface area contributed by atoms with E-state index in [1.54, 1.807) is 6.07 Å². The summed E-state index contributed by atoms with van der Waals surface area (Å²) in [5.74, 6) is 0.848. The molecular weight excluding hydrogens is 442 g/mol. The molecule has 0 spiro atoms. The quantitative estimate of drug-likeness (QED) is 0.514. The highest BCUT2D eigenvalue weighted by Crippen LogP contribution is 2.35. The molecule has 178 valence electrons. The lowest BCUT2D eigenvalue weighted by molar-refractivity contribution is 0.106. The number of aliphatic hydroxyl groups excluding tert-OH is 1. The van der Waals surface area contributed by atoms with Crippen LogP contribution in [0.2, 0.25) is 0 Å². The van der Waals surface area contributed by atoms with Crippen LogP contribution in [0.5, 0.6) is 11.5 Å². The van der Waals surface area contributed by atoms with Crippen molar-refractivity contribution in [1.82, 2.24) is 4.31 Å². The monoisotopic (exact) mass is 473 g/mol. The fourth-order valence-corrected chi connectivity index (χ4v) is 5.41. The van der Waals surface area contributed by atoms with E-state index in [1.165, 1.54) is 16.4 Å². The van der Waals surface area contributed by atoms with E-state index < -0.39 is 27.6 Å². The van der Waals surface area contributed by atoms with Gasteiger partial charge in [-0.2, -0.15) is 9.57 Å². The summed E-state index contributed by atoms with van der Waals surface area (Å²) in [5, 5.41) is 19.8. The van der Waals surface area contributed by atoms with Crippen LogP contribution in [-0.2, 0) is 16.4 Å². The highest BCUT2D eigenvalue weighted by Gasteiger charge is 2.34. The van der Waals surface area contributed by atoms with Crippen LogP contribution in [0, 0.1) is 16.7 Å². The Bertz CT molecular complexity index is 1080. The van der Waals surface area contributed by atoms with E-state index in [2.05, 4.69) is 6.07 Å². The standard InChI is InChI=1S/C24H31N3O5S/c1-24(2,11-6-12-25)16-27(15-21(28)20(26)13-18-7-4-3-5-8-18)33(29,30)19-9-10-22-23(14-19)32-17-31-22/h3-5,7-10,14,20-21,28H,6,11,13,15-17,26H2,1-2H3/t20-,21+/m0/s1. The van der Waals surface area contributed by atoms with Gasteiger partial charge in [0.1, 0.15) is 0 Å². The summed E-state index contributed by atoms with van der Waals surface area (Å²) in [6.07, 6.45) is 0.155. The first kappa shape index (κ1) is 25.0. The third-order valence-electron chi connectivity index (χ3n) is 5.70. The van der Waals surface area contributed by atoms with Gasteiger partial charge in [-0.3, -0.25) is 0 Å². The minimum atomic E-state index is -3.98. The van der Waals surface area contributed by atoms with Crippen molar-refractivity contribution in [2.75, 3.05) is 19.9 Å². The van der Waals surface area contributed by atoms with E-state index in [0.29, 0.717) is 30.8 Å². The predicted molar refractivity (Wildman–Crippen MR) is 124 cm³/mol. The minimum absolute atomic E-state index is 0.0385. The maximum absolute atomic E-state index is 13.6. The van der Waals surface area contributed by atoms with Gasteiger partial charge >= 0.3 is 0 Å². The molecule has 3 rings (SSSR count). The first-order valence-electron chi connectivity index (χ1n) is 10.9. The summed E-state index contributed by atoms with van der Waals surface area (Å²) in [4.78, 5) is 0.0478. The van der Waals surface area contributed by atoms with Crippen molar-refractivity contribution in [2.45, 2.75) is 50.2 Å². The van der Waals surface area contributed by atoms with Crippen LogP contribution in [0.25, 0.3) is 0 Å². The Labute approximate surface area is 195 Å². The first-order chi connectivity index (χ1) is 15.6. The topological polar surface area (TPSA) is 126 Å². The molecule has 0 aromatic heterocycles. The molecule has 0 fully saturated rings. The van der Waals surface area contributed by atoms with Crippen LogP contribution in [0.4, 0.5) is 0 Å². The second-order valence-corrected chi connectivity index (χ2v) is 11.0. The number of nitrogens with two attached hydrogens (primary N) is 1. The molecule has 1 aliphatic heterocycles. The van der Waals surface area contributed by atoms with Gasteiger partial charge in [-0.05, 0) is 36.0 Å². The Hall–Kier alpha value is -2.64. The second kappa shape index (κ2) is 10.5. The van der Waals surface area contributed by atoms with Gasteiger partial charge in [0.15, 0.2) is 11.5 Å². The lowest BCUT2D eigenvalue weighted by Crippen LogP contribution is -2.48. The smallest absolute Gasteiger partial charge is 0.243 e. The summed E-state index contributed by atoms with van der Waals surface area (Å²) in [7, 11) is -3.98. The van der Waals surface area contributed by atoms with Crippen molar-refractivity contribution < 1.29 is 23.0 Å². The normalized spacial score (nSPS) is 15.3. The van der Waals surface area contributed by atoms with Crippen LogP contribution in [0.15, 0.2) is 53.4 Å². The fourth-order valence-electron chi connectivity index (χ4n) is 3.75. The summed E-state index contributed by atoms with van der Waals surface area (Å²) in [6.45, 7) is 3.81. The molecule has 0 aliphatic carbocycles. The molecule has 9 heteroatoms. The summed E-state index contributed by atoms with van der Waals surface area (Å²) < 4.78 is 39.1. The Morgan fingerprint density at radius 1 is 1.18 bits per heavy atom. The second-order valence-electron chi connectivity index (χ2n) is 9.06. The fraction of sp³-hybridized carbons (Fsp3) is 0.458. The molecule has 3 N–H and O–H groups in total. The van der Waals surface area contributed by atoms with Gasteiger partial charge < -0.3 is 20.3 Å². The largest absolute Gasteiger partial charge is 0.454 e. The zero-order chi connectivity index (χ0) is 24.1. The van der Waals surface area contributed by atoms with Crippen LogP contribution in [0.3, 0.4) is 0 Å². The number of nitriles is 1. The molecule has 0 bridgehead atoms. The van der Waals surface area contributed by atoms with E-state index in [9.17, 15) is 13.5 Å². The number of nitrogens with zero attached hydrogens (tertiary/aromatic N) is 2. The number of ether oxygens (including phenoxy) is 2. The van der Waals surface area contributed by atoms with Crippen molar-refractivity contribution in [3.63, 3.8) is 0 Å². The molecule has 2 atom stereocenters. The minimum Gasteiger partial charge on any atom is -0.454 e. The Balaban J connectivity index is 1.84. The third kappa shape index (κ3) is 6.45. The van der Waals surface area contributed by atoms with E-state index in [4.69, 9.17) is 20.5 Å². The molecule has 0 radical (unpaired) electrons. The van der Waals surface area contributed by atoms with Gasteiger partial charge in [0.05, 0.1) is 17.1 Å². The third-order valence-corrected chi connectivity index (χ3v) is 7.51. The van der Waals surface area contributed by atoms with E-state index >= 15 is 0 Å². The zero-order valence-electron chi connectivity index (χ0n) is 19.0. The summed E-state index contributed by atoms with van der Waals surface area (Å²) in [5.41, 5.74) is 6.72. The van der Waals surface area contributed by atoms with Crippen molar-refractivity contribution in [3.05, 3.63) is 54.1 Å². The molecule has 2 aromatic rings. The average molecular weight is 474 g/mol. The van der Waals surface area contributed by atoms with Crippen LogP contribution >= 0.6 is 0 Å². The van der Waals surface area contributed by atoms with Crippen LogP contribution in [0.1, 0.15) is 32.3 Å². The summed E-state index contributed by atoms with van der Waals surface area (Å²) >= 11 is 0. The van der Waals surface area contributed by atoms with Gasteiger partial charge in [-0.25, -0.2) is 8.42 Å². The van der Waals surface area contributed by atoms with E-state index in [-0.39, 0.29) is 24.8 Å². The van der Waals surface area contributed by atoms with Gasteiger partial charge in [0, 0.05) is 31.6 Å². The molecule has 0 unspecified atom stereocenters. The summed E-state index contributed by atoms with van der Waals surface area (Å²) in [6, 6.07) is 15.4. The molecule has 1 aliphatic rings. The number of hydrogen-bond donors (Lipinski definition) is 2. The first-order valence-corrected chi connectivity index (χ1v) is 12.3. The Kier molecular flexibility index (Phi) is 7.97. The number of hydrogen-bond acceptors (Lipinski definition) is 7. The van der Waals surface area contributed by atoms with Crippen molar-refractivity contribution in [2.24, 2.45) is 11.1 Å².